The van der Waals surface area contributed by atoms with Gasteiger partial charge in [0.15, 0.2) is 0 Å². The van der Waals surface area contributed by atoms with Crippen LogP contribution in [0.5, 0.6) is 5.75 Å². The molecule has 4 aromatic carbocycles. The van der Waals surface area contributed by atoms with Gasteiger partial charge in [-0.3, -0.25) is 0 Å². The summed E-state index contributed by atoms with van der Waals surface area (Å²) in [5.41, 5.74) is 0. The molecule has 116 valence electrons. The Bertz CT molecular complexity index is 929. The molecule has 0 saturated carbocycles. The Labute approximate surface area is 142 Å². The number of unbranched alkanes of at least 4 members (excludes halogenated alkanes) is 2. The van der Waals surface area contributed by atoms with Gasteiger partial charge in [0.2, 0.25) is 0 Å². The van der Waals surface area contributed by atoms with Gasteiger partial charge in [-0.05, 0) is 58.7 Å². The lowest BCUT2D eigenvalue weighted by atomic mass is 9.94. The highest BCUT2D eigenvalue weighted by molar-refractivity contribution is 7.80. The first-order chi connectivity index (χ1) is 11.4. The summed E-state index contributed by atoms with van der Waals surface area (Å²) in [7, 11) is 0. The SMILES string of the molecule is SCCCCCOc1ccc2ccc3cccc4ccc1c2c34. The van der Waals surface area contributed by atoms with Crippen LogP contribution in [-0.4, -0.2) is 12.4 Å². The number of benzene rings is 4. The quantitative estimate of drug-likeness (QED) is 0.258. The Hall–Kier alpha value is -1.93. The summed E-state index contributed by atoms with van der Waals surface area (Å²) in [4.78, 5) is 0. The third-order valence-corrected chi connectivity index (χ3v) is 4.86. The molecule has 0 aliphatic carbocycles. The molecule has 1 nitrogen and oxygen atoms in total. The number of ether oxygens (including phenoxy) is 1. The minimum absolute atomic E-state index is 0.776. The Balaban J connectivity index is 1.77. The summed E-state index contributed by atoms with van der Waals surface area (Å²) >= 11 is 4.26. The Kier molecular flexibility index (Phi) is 4.00. The van der Waals surface area contributed by atoms with Crippen LogP contribution >= 0.6 is 12.6 Å². The molecule has 0 N–H and O–H groups in total. The van der Waals surface area contributed by atoms with E-state index in [1.807, 2.05) is 0 Å². The molecule has 0 radical (unpaired) electrons. The predicted molar refractivity (Wildman–Crippen MR) is 103 cm³/mol. The molecule has 4 rings (SSSR count). The van der Waals surface area contributed by atoms with E-state index < -0.39 is 0 Å². The maximum absolute atomic E-state index is 6.08. The van der Waals surface area contributed by atoms with Crippen molar-refractivity contribution >= 4 is 44.9 Å². The monoisotopic (exact) mass is 320 g/mol. The summed E-state index contributed by atoms with van der Waals surface area (Å²) in [6.07, 6.45) is 3.42. The zero-order valence-electron chi connectivity index (χ0n) is 13.1. The molecule has 0 aromatic heterocycles. The molecule has 0 aliphatic rings. The minimum atomic E-state index is 0.776. The van der Waals surface area contributed by atoms with Crippen LogP contribution in [0.2, 0.25) is 0 Å². The zero-order chi connectivity index (χ0) is 15.6. The molecule has 0 heterocycles. The van der Waals surface area contributed by atoms with Gasteiger partial charge in [0.1, 0.15) is 5.75 Å². The van der Waals surface area contributed by atoms with Crippen LogP contribution < -0.4 is 4.74 Å². The van der Waals surface area contributed by atoms with Crippen molar-refractivity contribution in [3.8, 4) is 5.75 Å². The second-order valence-electron chi connectivity index (χ2n) is 6.05. The Morgan fingerprint density at radius 1 is 0.696 bits per heavy atom. The molecule has 0 spiro atoms. The van der Waals surface area contributed by atoms with Gasteiger partial charge in [0.05, 0.1) is 6.61 Å². The third kappa shape index (κ3) is 2.61. The lowest BCUT2D eigenvalue weighted by Crippen LogP contribution is -1.98. The van der Waals surface area contributed by atoms with Gasteiger partial charge in [0, 0.05) is 10.8 Å². The molecule has 0 fully saturated rings. The van der Waals surface area contributed by atoms with Crippen molar-refractivity contribution in [3.63, 3.8) is 0 Å². The summed E-state index contributed by atoms with van der Waals surface area (Å²) in [6.45, 7) is 0.776. The third-order valence-electron chi connectivity index (χ3n) is 4.55. The second kappa shape index (κ2) is 6.29. The first-order valence-corrected chi connectivity index (χ1v) is 8.92. The Morgan fingerprint density at radius 3 is 2.17 bits per heavy atom. The second-order valence-corrected chi connectivity index (χ2v) is 6.50. The first kappa shape index (κ1) is 14.6. The molecule has 2 heteroatoms. The van der Waals surface area contributed by atoms with Gasteiger partial charge in [-0.25, -0.2) is 0 Å². The fourth-order valence-corrected chi connectivity index (χ4v) is 3.63. The molecule has 0 atom stereocenters. The molecule has 0 aliphatic heterocycles. The van der Waals surface area contributed by atoms with Crippen molar-refractivity contribution < 1.29 is 4.74 Å². The summed E-state index contributed by atoms with van der Waals surface area (Å²) in [5, 5.41) is 7.78. The first-order valence-electron chi connectivity index (χ1n) is 8.29. The van der Waals surface area contributed by atoms with Crippen LogP contribution in [0.1, 0.15) is 19.3 Å². The van der Waals surface area contributed by atoms with E-state index >= 15 is 0 Å². The molecular weight excluding hydrogens is 300 g/mol. The maximum atomic E-state index is 6.08. The number of rotatable bonds is 6. The average Bonchev–Trinajstić information content (AvgIpc) is 2.60. The van der Waals surface area contributed by atoms with E-state index in [4.69, 9.17) is 4.74 Å². The molecule has 0 saturated heterocycles. The summed E-state index contributed by atoms with van der Waals surface area (Å²) < 4.78 is 6.08. The number of thiol groups is 1. The van der Waals surface area contributed by atoms with Crippen LogP contribution in [0.15, 0.2) is 54.6 Å². The molecular formula is C21H20OS. The highest BCUT2D eigenvalue weighted by atomic mass is 32.1. The van der Waals surface area contributed by atoms with Gasteiger partial charge in [0.25, 0.3) is 0 Å². The molecule has 0 unspecified atom stereocenters. The van der Waals surface area contributed by atoms with E-state index in [-0.39, 0.29) is 0 Å². The average molecular weight is 320 g/mol. The standard InChI is InChI=1S/C21H20OS/c23-14-3-1-2-13-22-19-12-10-17-8-7-15-5-4-6-16-9-11-18(19)21(17)20(15)16/h4-12,23H,1-3,13-14H2. The fourth-order valence-electron chi connectivity index (χ4n) is 3.41. The van der Waals surface area contributed by atoms with Crippen LogP contribution in [0.3, 0.4) is 0 Å². The lowest BCUT2D eigenvalue weighted by Gasteiger charge is -2.14. The summed E-state index contributed by atoms with van der Waals surface area (Å²) in [6, 6.07) is 19.6. The van der Waals surface area contributed by atoms with Gasteiger partial charge in [-0.2, -0.15) is 12.6 Å². The molecule has 0 bridgehead atoms. The van der Waals surface area contributed by atoms with E-state index in [9.17, 15) is 0 Å². The normalized spacial score (nSPS) is 11.7. The van der Waals surface area contributed by atoms with Crippen molar-refractivity contribution in [1.82, 2.24) is 0 Å². The maximum Gasteiger partial charge on any atom is 0.127 e. The van der Waals surface area contributed by atoms with Crippen LogP contribution in [-0.2, 0) is 0 Å². The van der Waals surface area contributed by atoms with Crippen molar-refractivity contribution in [2.45, 2.75) is 19.3 Å². The van der Waals surface area contributed by atoms with E-state index in [2.05, 4.69) is 67.2 Å². The Morgan fingerprint density at radius 2 is 1.39 bits per heavy atom. The van der Waals surface area contributed by atoms with Crippen molar-refractivity contribution in [2.75, 3.05) is 12.4 Å². The van der Waals surface area contributed by atoms with E-state index in [1.165, 1.54) is 38.7 Å². The topological polar surface area (TPSA) is 9.23 Å². The fraction of sp³-hybridized carbons (Fsp3) is 0.238. The van der Waals surface area contributed by atoms with Gasteiger partial charge in [-0.15, -0.1) is 0 Å². The molecule has 0 amide bonds. The van der Waals surface area contributed by atoms with Crippen molar-refractivity contribution in [3.05, 3.63) is 54.6 Å². The number of hydrogen-bond acceptors (Lipinski definition) is 2. The molecule has 4 aromatic rings. The van der Waals surface area contributed by atoms with Crippen LogP contribution in [0.4, 0.5) is 0 Å². The lowest BCUT2D eigenvalue weighted by molar-refractivity contribution is 0.310. The van der Waals surface area contributed by atoms with Crippen molar-refractivity contribution in [2.24, 2.45) is 0 Å². The van der Waals surface area contributed by atoms with Gasteiger partial charge >= 0.3 is 0 Å². The van der Waals surface area contributed by atoms with E-state index in [0.717, 1.165) is 31.0 Å². The van der Waals surface area contributed by atoms with Gasteiger partial charge < -0.3 is 4.74 Å². The van der Waals surface area contributed by atoms with Crippen molar-refractivity contribution in [1.29, 1.82) is 0 Å². The van der Waals surface area contributed by atoms with E-state index in [0.29, 0.717) is 0 Å². The highest BCUT2D eigenvalue weighted by Gasteiger charge is 2.11. The van der Waals surface area contributed by atoms with E-state index in [1.54, 1.807) is 0 Å². The number of hydrogen-bond donors (Lipinski definition) is 1. The van der Waals surface area contributed by atoms with Crippen LogP contribution in [0.25, 0.3) is 32.3 Å². The molecule has 23 heavy (non-hydrogen) atoms. The highest BCUT2D eigenvalue weighted by Crippen LogP contribution is 2.38. The minimum Gasteiger partial charge on any atom is -0.493 e. The smallest absolute Gasteiger partial charge is 0.127 e. The summed E-state index contributed by atoms with van der Waals surface area (Å²) in [5.74, 6) is 1.96. The zero-order valence-corrected chi connectivity index (χ0v) is 14.0. The van der Waals surface area contributed by atoms with Crippen LogP contribution in [0, 0.1) is 0 Å². The predicted octanol–water partition coefficient (Wildman–Crippen LogP) is 6.06. The largest absolute Gasteiger partial charge is 0.493 e. The van der Waals surface area contributed by atoms with Gasteiger partial charge in [-0.1, -0.05) is 42.5 Å².